The summed E-state index contributed by atoms with van der Waals surface area (Å²) in [7, 11) is -0.441. The van der Waals surface area contributed by atoms with Crippen molar-refractivity contribution in [2.75, 3.05) is 26.3 Å². The third kappa shape index (κ3) is 8.57. The quantitative estimate of drug-likeness (QED) is 0.310. The van der Waals surface area contributed by atoms with E-state index in [1.807, 2.05) is 13.8 Å². The van der Waals surface area contributed by atoms with Gasteiger partial charge in [-0.1, -0.05) is 32.6 Å². The monoisotopic (exact) mass is 317 g/mol. The lowest BCUT2D eigenvalue weighted by molar-refractivity contribution is -0.163. The van der Waals surface area contributed by atoms with Crippen molar-refractivity contribution in [3.05, 3.63) is 0 Å². The maximum Gasteiger partial charge on any atom is 0.144 e. The van der Waals surface area contributed by atoms with E-state index in [0.717, 1.165) is 22.7 Å². The lowest BCUT2D eigenvalue weighted by Gasteiger charge is -2.34. The Balaban J connectivity index is 4.14. The Hall–Kier alpha value is 0.314. The first-order valence-corrected chi connectivity index (χ1v) is 12.7. The Morgan fingerprint density at radius 3 is 1.95 bits per heavy atom. The highest BCUT2D eigenvalue weighted by molar-refractivity contribution is 6.73. The second-order valence-corrected chi connectivity index (χ2v) is 13.0. The zero-order valence-electron chi connectivity index (χ0n) is 14.7. The van der Waals surface area contributed by atoms with Crippen molar-refractivity contribution in [1.29, 1.82) is 0 Å². The smallest absolute Gasteiger partial charge is 0.144 e. The van der Waals surface area contributed by atoms with Gasteiger partial charge >= 0.3 is 0 Å². The van der Waals surface area contributed by atoms with E-state index in [0.29, 0.717) is 0 Å². The van der Waals surface area contributed by atoms with Gasteiger partial charge in [-0.3, -0.25) is 0 Å². The van der Waals surface area contributed by atoms with Crippen LogP contribution in [0.4, 0.5) is 0 Å². The van der Waals surface area contributed by atoms with Gasteiger partial charge in [0.2, 0.25) is 0 Å². The highest BCUT2D eigenvalue weighted by Gasteiger charge is 2.26. The number of nitrogens with zero attached hydrogens (tertiary/aromatic N) is 1. The molecule has 0 unspecified atom stereocenters. The van der Waals surface area contributed by atoms with E-state index < -0.39 is 8.24 Å². The molecular weight excluding hydrogens is 282 g/mol. The molecule has 0 N–H and O–H groups in total. The minimum Gasteiger partial charge on any atom is -0.355 e. The molecule has 0 fully saturated rings. The molecule has 0 aliphatic heterocycles. The molecule has 0 saturated heterocycles. The van der Waals surface area contributed by atoms with Gasteiger partial charge < -0.3 is 14.0 Å². The topological polar surface area (TPSA) is 21.7 Å². The average molecular weight is 318 g/mol. The zero-order chi connectivity index (χ0) is 15.6. The lowest BCUT2D eigenvalue weighted by Crippen LogP contribution is -2.47. The molecular formula is C15H35NO2Si2. The molecule has 120 valence electrons. The lowest BCUT2D eigenvalue weighted by atomic mass is 10.4. The summed E-state index contributed by atoms with van der Waals surface area (Å²) in [4.78, 5) is 0. The normalized spacial score (nSPS) is 13.2. The molecule has 5 heteroatoms. The summed E-state index contributed by atoms with van der Waals surface area (Å²) in [6, 6.07) is 1.20. The van der Waals surface area contributed by atoms with E-state index >= 15 is 0 Å². The van der Waals surface area contributed by atoms with Crippen molar-refractivity contribution < 1.29 is 9.47 Å². The molecule has 0 aliphatic carbocycles. The highest BCUT2D eigenvalue weighted by Crippen LogP contribution is 2.15. The van der Waals surface area contributed by atoms with E-state index in [2.05, 4.69) is 38.1 Å². The molecule has 20 heavy (non-hydrogen) atoms. The van der Waals surface area contributed by atoms with Crippen molar-refractivity contribution in [2.24, 2.45) is 0 Å². The van der Waals surface area contributed by atoms with E-state index in [1.165, 1.54) is 32.0 Å². The van der Waals surface area contributed by atoms with Crippen LogP contribution < -0.4 is 0 Å². The second kappa shape index (κ2) is 10.1. The molecule has 0 aliphatic rings. The molecule has 0 spiro atoms. The molecule has 0 aromatic heterocycles. The highest BCUT2D eigenvalue weighted by atomic mass is 28.3. The van der Waals surface area contributed by atoms with Crippen LogP contribution in [0.25, 0.3) is 0 Å². The summed E-state index contributed by atoms with van der Waals surface area (Å²) in [5.41, 5.74) is -0.363. The maximum atomic E-state index is 5.78. The van der Waals surface area contributed by atoms with Crippen LogP contribution in [0.2, 0.25) is 25.7 Å². The second-order valence-electron chi connectivity index (χ2n) is 6.25. The van der Waals surface area contributed by atoms with E-state index in [1.54, 1.807) is 0 Å². The van der Waals surface area contributed by atoms with Gasteiger partial charge in [-0.15, -0.1) is 0 Å². The number of ether oxygens (including phenoxy) is 2. The Morgan fingerprint density at radius 1 is 1.00 bits per heavy atom. The largest absolute Gasteiger partial charge is 0.355 e. The summed E-state index contributed by atoms with van der Waals surface area (Å²) >= 11 is 0. The Morgan fingerprint density at radius 2 is 1.55 bits per heavy atom. The van der Waals surface area contributed by atoms with Crippen molar-refractivity contribution in [2.45, 2.75) is 71.6 Å². The third-order valence-electron chi connectivity index (χ3n) is 3.33. The molecule has 0 aromatic carbocycles. The first-order chi connectivity index (χ1) is 9.29. The summed E-state index contributed by atoms with van der Waals surface area (Å²) in [6.45, 7) is 19.7. The van der Waals surface area contributed by atoms with Gasteiger partial charge in [0.1, 0.15) is 23.2 Å². The van der Waals surface area contributed by atoms with E-state index in [4.69, 9.17) is 9.47 Å². The molecule has 2 radical (unpaired) electrons. The van der Waals surface area contributed by atoms with E-state index in [-0.39, 0.29) is 5.41 Å². The fraction of sp³-hybridized carbons (Fsp3) is 1.00. The van der Waals surface area contributed by atoms with Crippen molar-refractivity contribution in [3.8, 4) is 0 Å². The molecule has 0 aromatic rings. The zero-order valence-corrected chi connectivity index (χ0v) is 16.7. The average Bonchev–Trinajstić information content (AvgIpc) is 2.32. The van der Waals surface area contributed by atoms with Gasteiger partial charge in [-0.2, -0.15) is 0 Å². The van der Waals surface area contributed by atoms with Gasteiger partial charge in [0.15, 0.2) is 0 Å². The van der Waals surface area contributed by atoms with Crippen LogP contribution in [0.5, 0.6) is 0 Å². The number of rotatable bonds is 12. The van der Waals surface area contributed by atoms with Crippen LogP contribution in [0.3, 0.4) is 0 Å². The van der Waals surface area contributed by atoms with E-state index in [9.17, 15) is 0 Å². The van der Waals surface area contributed by atoms with Crippen molar-refractivity contribution >= 4 is 17.8 Å². The van der Waals surface area contributed by atoms with Crippen molar-refractivity contribution in [3.63, 3.8) is 0 Å². The Labute approximate surface area is 130 Å². The van der Waals surface area contributed by atoms with Crippen molar-refractivity contribution in [1.82, 2.24) is 4.57 Å². The summed E-state index contributed by atoms with van der Waals surface area (Å²) in [5, 5.41) is 0. The fourth-order valence-corrected chi connectivity index (χ4v) is 5.34. The number of hydrogen-bond donors (Lipinski definition) is 0. The standard InChI is InChI=1S/C15H35NO2Si2/c1-8-12-16(20(5,6)7)13-11-14-19-15(4,17-9-2)18-10-3/h8-14H2,1-7H3. The summed E-state index contributed by atoms with van der Waals surface area (Å²) < 4.78 is 14.3. The first-order valence-electron chi connectivity index (χ1n) is 8.07. The van der Waals surface area contributed by atoms with Gasteiger partial charge in [-0.25, -0.2) is 0 Å². The number of hydrogen-bond acceptors (Lipinski definition) is 3. The van der Waals surface area contributed by atoms with Crippen LogP contribution in [0.15, 0.2) is 0 Å². The predicted octanol–water partition coefficient (Wildman–Crippen LogP) is 3.79. The predicted molar refractivity (Wildman–Crippen MR) is 92.0 cm³/mol. The van der Waals surface area contributed by atoms with Crippen LogP contribution in [0, 0.1) is 0 Å². The summed E-state index contributed by atoms with van der Waals surface area (Å²) in [5.74, 6) is 0. The fourth-order valence-electron chi connectivity index (χ4n) is 2.33. The minimum atomic E-state index is -1.16. The van der Waals surface area contributed by atoms with Crippen LogP contribution in [0.1, 0.15) is 40.5 Å². The van der Waals surface area contributed by atoms with Crippen LogP contribution in [-0.4, -0.2) is 54.0 Å². The van der Waals surface area contributed by atoms with Crippen LogP contribution >= 0.6 is 0 Å². The minimum absolute atomic E-state index is 0.363. The first kappa shape index (κ1) is 20.3. The molecule has 0 saturated carbocycles. The molecule has 0 amide bonds. The SMILES string of the molecule is CCCN(CCC[Si]C(C)(OCC)OCC)[Si](C)(C)C. The Bertz CT molecular complexity index is 239. The van der Waals surface area contributed by atoms with Gasteiger partial charge in [0.25, 0.3) is 0 Å². The maximum absolute atomic E-state index is 5.78. The summed E-state index contributed by atoms with van der Waals surface area (Å²) in [6.07, 6.45) is 2.50. The van der Waals surface area contributed by atoms with Gasteiger partial charge in [0.05, 0.1) is 0 Å². The third-order valence-corrected chi connectivity index (χ3v) is 7.21. The van der Waals surface area contributed by atoms with Gasteiger partial charge in [-0.05, 0) is 46.7 Å². The molecule has 0 rings (SSSR count). The molecule has 0 heterocycles. The van der Waals surface area contributed by atoms with Crippen LogP contribution in [-0.2, 0) is 9.47 Å². The molecule has 0 bridgehead atoms. The molecule has 3 nitrogen and oxygen atoms in total. The Kier molecular flexibility index (Phi) is 10.3. The van der Waals surface area contributed by atoms with Gasteiger partial charge in [0, 0.05) is 13.2 Å². The molecule has 0 atom stereocenters.